The molecule has 0 N–H and O–H groups in total. The molecule has 0 amide bonds. The smallest absolute Gasteiger partial charge is 0.0671 e. The van der Waals surface area contributed by atoms with Crippen LogP contribution in [0.5, 0.6) is 0 Å². The van der Waals surface area contributed by atoms with Gasteiger partial charge in [0.1, 0.15) is 0 Å². The minimum Gasteiger partial charge on any atom is -0.299 e. The van der Waals surface area contributed by atoms with Crippen LogP contribution < -0.4 is 0 Å². The third-order valence-electron chi connectivity index (χ3n) is 6.75. The molecule has 1 saturated carbocycles. The van der Waals surface area contributed by atoms with Gasteiger partial charge in [-0.2, -0.15) is 0 Å². The fourth-order valence-electron chi connectivity index (χ4n) is 5.92. The minimum atomic E-state index is 0.290. The molecule has 4 atom stereocenters. The van der Waals surface area contributed by atoms with E-state index in [1.807, 2.05) is 0 Å². The summed E-state index contributed by atoms with van der Waals surface area (Å²) in [4.78, 5) is 7.90. The van der Waals surface area contributed by atoms with Crippen molar-refractivity contribution in [3.05, 3.63) is 29.8 Å². The average molecular weight is 280 g/mol. The van der Waals surface area contributed by atoms with E-state index in [0.717, 1.165) is 17.9 Å². The van der Waals surface area contributed by atoms with Crippen LogP contribution in [0, 0.1) is 11.8 Å². The molecule has 4 aliphatic rings. The number of hydrogen-bond acceptors (Lipinski definition) is 2. The van der Waals surface area contributed by atoms with Crippen molar-refractivity contribution in [3.63, 3.8) is 0 Å². The van der Waals surface area contributed by atoms with E-state index >= 15 is 0 Å². The molecule has 0 bridgehead atoms. The van der Waals surface area contributed by atoms with Gasteiger partial charge in [-0.05, 0) is 55.7 Å². The first-order valence-electron chi connectivity index (χ1n) is 8.74. The van der Waals surface area contributed by atoms with Crippen LogP contribution in [0.2, 0.25) is 0 Å². The Labute approximate surface area is 127 Å². The summed E-state index contributed by atoms with van der Waals surface area (Å²) in [5.74, 6) is 1.83. The van der Waals surface area contributed by atoms with Gasteiger partial charge in [0.05, 0.1) is 11.1 Å². The van der Waals surface area contributed by atoms with Gasteiger partial charge in [0, 0.05) is 18.3 Å². The molecule has 5 rings (SSSR count). The Kier molecular flexibility index (Phi) is 2.48. The van der Waals surface area contributed by atoms with Gasteiger partial charge in [0.15, 0.2) is 0 Å². The summed E-state index contributed by atoms with van der Waals surface area (Å²) in [5.41, 5.74) is 4.63. The summed E-state index contributed by atoms with van der Waals surface area (Å²) in [5, 5.41) is 0. The maximum Gasteiger partial charge on any atom is 0.0671 e. The first kappa shape index (κ1) is 12.4. The monoisotopic (exact) mass is 280 g/mol. The van der Waals surface area contributed by atoms with Crippen LogP contribution in [0.15, 0.2) is 29.3 Å². The molecule has 1 aromatic rings. The van der Waals surface area contributed by atoms with Crippen LogP contribution in [0.3, 0.4) is 0 Å². The van der Waals surface area contributed by atoms with Crippen molar-refractivity contribution in [2.75, 3.05) is 13.1 Å². The highest BCUT2D eigenvalue weighted by atomic mass is 15.2. The molecule has 110 valence electrons. The predicted octanol–water partition coefficient (Wildman–Crippen LogP) is 3.92. The number of hydrogen-bond donors (Lipinski definition) is 0. The van der Waals surface area contributed by atoms with Gasteiger partial charge < -0.3 is 0 Å². The summed E-state index contributed by atoms with van der Waals surface area (Å²) in [6.45, 7) is 4.98. The molecule has 2 saturated heterocycles. The maximum absolute atomic E-state index is 5.06. The molecule has 0 unspecified atom stereocenters. The van der Waals surface area contributed by atoms with Crippen molar-refractivity contribution in [1.29, 1.82) is 0 Å². The molecule has 1 aromatic carbocycles. The zero-order chi connectivity index (χ0) is 14.0. The normalized spacial score (nSPS) is 40.4. The lowest BCUT2D eigenvalue weighted by Gasteiger charge is -2.50. The Bertz CT molecular complexity index is 620. The lowest BCUT2D eigenvalue weighted by Crippen LogP contribution is -2.57. The van der Waals surface area contributed by atoms with E-state index < -0.39 is 0 Å². The molecule has 0 aromatic heterocycles. The van der Waals surface area contributed by atoms with Gasteiger partial charge in [0.2, 0.25) is 0 Å². The second-order valence-electron chi connectivity index (χ2n) is 7.55. The zero-order valence-corrected chi connectivity index (χ0v) is 12.9. The Morgan fingerprint density at radius 2 is 2.24 bits per heavy atom. The lowest BCUT2D eigenvalue weighted by molar-refractivity contribution is 0.0591. The zero-order valence-electron chi connectivity index (χ0n) is 12.9. The van der Waals surface area contributed by atoms with Crippen molar-refractivity contribution < 1.29 is 0 Å². The number of nitrogens with zero attached hydrogens (tertiary/aromatic N) is 2. The summed E-state index contributed by atoms with van der Waals surface area (Å²) in [6, 6.07) is 9.70. The molecule has 21 heavy (non-hydrogen) atoms. The standard InChI is InChI=1S/C19H24N2/c1-2-13-11-14-7-8-17-19(9-10-21(12-13)18(14)19)15-5-3-4-6-16(15)20-17/h3-6,13-14,18H,2,7-12H2,1H3/t13-,14+,18-,19+/m1/s1. The molecule has 1 spiro atoms. The van der Waals surface area contributed by atoms with Crippen LogP contribution in [0.4, 0.5) is 5.69 Å². The molecule has 2 nitrogen and oxygen atoms in total. The first-order chi connectivity index (χ1) is 10.3. The quantitative estimate of drug-likeness (QED) is 0.761. The minimum absolute atomic E-state index is 0.290. The average Bonchev–Trinajstić information content (AvgIpc) is 3.07. The number of para-hydroxylation sites is 1. The van der Waals surface area contributed by atoms with Crippen molar-refractivity contribution in [2.24, 2.45) is 16.8 Å². The van der Waals surface area contributed by atoms with Crippen molar-refractivity contribution in [2.45, 2.75) is 50.5 Å². The van der Waals surface area contributed by atoms with Gasteiger partial charge in [-0.3, -0.25) is 9.89 Å². The Morgan fingerprint density at radius 1 is 1.33 bits per heavy atom. The number of benzene rings is 1. The SMILES string of the molecule is CC[C@@H]1C[C@@H]2CCC3=Nc4ccccc4[C@@]34CCN(C1)[C@H]24. The molecule has 3 aliphatic heterocycles. The van der Waals surface area contributed by atoms with Crippen molar-refractivity contribution in [3.8, 4) is 0 Å². The number of piperidine rings is 1. The van der Waals surface area contributed by atoms with Crippen molar-refractivity contribution in [1.82, 2.24) is 4.90 Å². The topological polar surface area (TPSA) is 15.6 Å². The Hall–Kier alpha value is -1.15. The Balaban J connectivity index is 1.64. The molecule has 3 fully saturated rings. The van der Waals surface area contributed by atoms with E-state index in [9.17, 15) is 0 Å². The van der Waals surface area contributed by atoms with Crippen LogP contribution in [-0.4, -0.2) is 29.7 Å². The largest absolute Gasteiger partial charge is 0.299 e. The molecule has 3 heterocycles. The van der Waals surface area contributed by atoms with E-state index in [-0.39, 0.29) is 5.41 Å². The summed E-state index contributed by atoms with van der Waals surface area (Å²) in [7, 11) is 0. The fraction of sp³-hybridized carbons (Fsp3) is 0.632. The van der Waals surface area contributed by atoms with Crippen LogP contribution in [0.25, 0.3) is 0 Å². The molecular weight excluding hydrogens is 256 g/mol. The summed E-state index contributed by atoms with van der Waals surface area (Å²) in [6.07, 6.45) is 6.71. The fourth-order valence-corrected chi connectivity index (χ4v) is 5.92. The highest BCUT2D eigenvalue weighted by Gasteiger charge is 2.60. The second kappa shape index (κ2) is 4.19. The van der Waals surface area contributed by atoms with Crippen LogP contribution >= 0.6 is 0 Å². The van der Waals surface area contributed by atoms with E-state index in [4.69, 9.17) is 4.99 Å². The summed E-state index contributed by atoms with van der Waals surface area (Å²) >= 11 is 0. The Morgan fingerprint density at radius 3 is 3.14 bits per heavy atom. The van der Waals surface area contributed by atoms with Gasteiger partial charge in [-0.1, -0.05) is 31.5 Å². The highest BCUT2D eigenvalue weighted by molar-refractivity contribution is 6.03. The van der Waals surface area contributed by atoms with Crippen LogP contribution in [-0.2, 0) is 5.41 Å². The predicted molar refractivity (Wildman–Crippen MR) is 86.3 cm³/mol. The van der Waals surface area contributed by atoms with Gasteiger partial charge in [-0.15, -0.1) is 0 Å². The second-order valence-corrected chi connectivity index (χ2v) is 7.55. The highest BCUT2D eigenvalue weighted by Crippen LogP contribution is 2.57. The summed E-state index contributed by atoms with van der Waals surface area (Å²) < 4.78 is 0. The van der Waals surface area contributed by atoms with Gasteiger partial charge in [-0.25, -0.2) is 0 Å². The molecule has 1 aliphatic carbocycles. The molecule has 0 radical (unpaired) electrons. The number of rotatable bonds is 1. The lowest BCUT2D eigenvalue weighted by atomic mass is 9.59. The van der Waals surface area contributed by atoms with E-state index in [2.05, 4.69) is 36.1 Å². The van der Waals surface area contributed by atoms with E-state index in [0.29, 0.717) is 0 Å². The number of fused-ring (bicyclic) bond motifs is 1. The van der Waals surface area contributed by atoms with Crippen molar-refractivity contribution >= 4 is 11.4 Å². The number of aliphatic imine (C=N–C) groups is 1. The van der Waals surface area contributed by atoms with Gasteiger partial charge >= 0.3 is 0 Å². The van der Waals surface area contributed by atoms with E-state index in [1.165, 1.54) is 56.6 Å². The van der Waals surface area contributed by atoms with E-state index in [1.54, 1.807) is 5.56 Å². The third kappa shape index (κ3) is 1.45. The molecular formula is C19H24N2. The first-order valence-corrected chi connectivity index (χ1v) is 8.74. The molecule has 2 heteroatoms. The van der Waals surface area contributed by atoms with Gasteiger partial charge in [0.25, 0.3) is 0 Å². The third-order valence-corrected chi connectivity index (χ3v) is 6.75. The van der Waals surface area contributed by atoms with Crippen LogP contribution in [0.1, 0.15) is 44.6 Å². The maximum atomic E-state index is 5.06.